The molecule has 1 aromatic rings. The van der Waals surface area contributed by atoms with Gasteiger partial charge in [-0.1, -0.05) is 12.1 Å². The van der Waals surface area contributed by atoms with E-state index in [9.17, 15) is 4.39 Å². The number of alkyl halides is 1. The van der Waals surface area contributed by atoms with Gasteiger partial charge >= 0.3 is 0 Å². The highest BCUT2D eigenvalue weighted by Crippen LogP contribution is 2.04. The van der Waals surface area contributed by atoms with Crippen molar-refractivity contribution in [2.24, 2.45) is 0 Å². The Kier molecular flexibility index (Phi) is 1.35. The van der Waals surface area contributed by atoms with Crippen LogP contribution in [0.1, 0.15) is 8.30 Å². The van der Waals surface area contributed by atoms with Crippen LogP contribution in [0.3, 0.4) is 0 Å². The summed E-state index contributed by atoms with van der Waals surface area (Å²) >= 11 is 5.32. The van der Waals surface area contributed by atoms with Crippen molar-refractivity contribution in [1.29, 1.82) is 0 Å². The van der Waals surface area contributed by atoms with E-state index >= 15 is 0 Å². The van der Waals surface area contributed by atoms with Gasteiger partial charge in [-0.25, -0.2) is 4.39 Å². The Morgan fingerprint density at radius 3 is 2.44 bits per heavy atom. The summed E-state index contributed by atoms with van der Waals surface area (Å²) in [4.78, 5) is 0. The van der Waals surface area contributed by atoms with Crippen molar-refractivity contribution in [3.63, 3.8) is 0 Å². The van der Waals surface area contributed by atoms with Crippen LogP contribution in [0.2, 0.25) is 0 Å². The third kappa shape index (κ3) is 1.68. The molecule has 0 heterocycles. The molecule has 0 aliphatic rings. The molecule has 0 radical (unpaired) electrons. The maximum atomic E-state index is 12.3. The average Bonchev–Trinajstić information content (AvgIpc) is 1.86. The second-order valence-corrected chi connectivity index (χ2v) is 1.79. The number of halogens is 2. The van der Waals surface area contributed by atoms with Crippen LogP contribution in [0.5, 0.6) is 0 Å². The van der Waals surface area contributed by atoms with E-state index in [1.165, 1.54) is 24.3 Å². The van der Waals surface area contributed by atoms with Crippen LogP contribution in [0.4, 0.5) is 4.39 Å². The first-order valence-corrected chi connectivity index (χ1v) is 2.83. The molecule has 0 saturated heterocycles. The lowest BCUT2D eigenvalue weighted by molar-refractivity contribution is 0.627. The summed E-state index contributed by atoms with van der Waals surface area (Å²) in [6.45, 7) is 0. The van der Waals surface area contributed by atoms with Gasteiger partial charge in [-0.05, 0) is 17.7 Å². The first-order chi connectivity index (χ1) is 5.00. The van der Waals surface area contributed by atoms with Crippen molar-refractivity contribution < 1.29 is 7.13 Å². The lowest BCUT2D eigenvalue weighted by Gasteiger charge is -1.91. The summed E-state index contributed by atoms with van der Waals surface area (Å²) < 4.78 is 26.4. The molecular weight excluding hydrogens is 139 g/mol. The largest absolute Gasteiger partial charge is 0.207 e. The van der Waals surface area contributed by atoms with E-state index < -0.39 is 11.6 Å². The van der Waals surface area contributed by atoms with Gasteiger partial charge in [-0.15, -0.1) is 11.6 Å². The molecule has 0 spiro atoms. The van der Waals surface area contributed by atoms with Crippen LogP contribution in [0.15, 0.2) is 24.3 Å². The van der Waals surface area contributed by atoms with Gasteiger partial charge in [-0.3, -0.25) is 0 Å². The van der Waals surface area contributed by atoms with Crippen LogP contribution in [0.25, 0.3) is 0 Å². The summed E-state index contributed by atoms with van der Waals surface area (Å²) in [5.41, 5.74) is 0.264. The van der Waals surface area contributed by atoms with E-state index in [1.807, 2.05) is 0 Å². The fourth-order valence-electron chi connectivity index (χ4n) is 0.513. The maximum absolute atomic E-state index is 12.3. The first-order valence-electron chi connectivity index (χ1n) is 3.45. The molecule has 2 heteroatoms. The Balaban J connectivity index is 2.99. The van der Waals surface area contributed by atoms with Gasteiger partial charge in [0.2, 0.25) is 0 Å². The average molecular weight is 147 g/mol. The number of rotatable bonds is 1. The van der Waals surface area contributed by atoms with Crippen LogP contribution in [-0.2, 0) is 5.83 Å². The number of hydrogen-bond donors (Lipinski definition) is 0. The molecule has 0 nitrogen and oxygen atoms in total. The van der Waals surface area contributed by atoms with E-state index in [2.05, 4.69) is 0 Å². The quantitative estimate of drug-likeness (QED) is 0.535. The fourth-order valence-corrected chi connectivity index (χ4v) is 0.639. The molecule has 0 aliphatic heterocycles. The number of hydrogen-bond acceptors (Lipinski definition) is 0. The zero-order valence-corrected chi connectivity index (χ0v) is 5.32. The zero-order chi connectivity index (χ0) is 8.48. The Morgan fingerprint density at radius 2 is 2.00 bits per heavy atom. The van der Waals surface area contributed by atoms with Gasteiger partial charge in [0, 0.05) is 8.57 Å². The van der Waals surface area contributed by atoms with E-state index in [0.29, 0.717) is 0 Å². The SMILES string of the molecule is [2H]C([2H])(Cl)c1ccc(F)cc1. The lowest BCUT2D eigenvalue weighted by atomic mass is 10.2. The van der Waals surface area contributed by atoms with Gasteiger partial charge in [-0.2, -0.15) is 0 Å². The normalized spacial score (nSPS) is 14.4. The van der Waals surface area contributed by atoms with Gasteiger partial charge < -0.3 is 0 Å². The molecule has 0 aromatic heterocycles. The molecule has 0 aliphatic carbocycles. The van der Waals surface area contributed by atoms with Crippen molar-refractivity contribution in [3.8, 4) is 0 Å². The molecule has 0 bridgehead atoms. The van der Waals surface area contributed by atoms with E-state index in [0.717, 1.165) is 0 Å². The molecule has 1 rings (SSSR count). The fraction of sp³-hybridized carbons (Fsp3) is 0.143. The summed E-state index contributed by atoms with van der Waals surface area (Å²) in [7, 11) is 0. The van der Waals surface area contributed by atoms with Crippen molar-refractivity contribution >= 4 is 11.6 Å². The predicted molar refractivity (Wildman–Crippen MR) is 36.0 cm³/mol. The third-order valence-electron chi connectivity index (χ3n) is 0.953. The Bertz CT molecular complexity index is 240. The van der Waals surface area contributed by atoms with Crippen molar-refractivity contribution in [1.82, 2.24) is 0 Å². The second-order valence-electron chi connectivity index (χ2n) is 1.60. The minimum Gasteiger partial charge on any atom is -0.207 e. The smallest absolute Gasteiger partial charge is 0.123 e. The monoisotopic (exact) mass is 146 g/mol. The van der Waals surface area contributed by atoms with Gasteiger partial charge in [0.25, 0.3) is 0 Å². The second kappa shape index (κ2) is 2.83. The Labute approximate surface area is 61.1 Å². The lowest BCUT2D eigenvalue weighted by Crippen LogP contribution is -1.76. The summed E-state index contributed by atoms with van der Waals surface area (Å²) in [5.74, 6) is -2.30. The van der Waals surface area contributed by atoms with Crippen LogP contribution in [0, 0.1) is 5.82 Å². The van der Waals surface area contributed by atoms with E-state index in [4.69, 9.17) is 14.3 Å². The molecule has 0 fully saturated rings. The minimum absolute atomic E-state index is 0.264. The van der Waals surface area contributed by atoms with Crippen molar-refractivity contribution in [3.05, 3.63) is 35.6 Å². The van der Waals surface area contributed by atoms with E-state index in [-0.39, 0.29) is 5.56 Å². The Morgan fingerprint density at radius 1 is 1.44 bits per heavy atom. The highest BCUT2D eigenvalue weighted by molar-refractivity contribution is 6.17. The number of benzene rings is 1. The molecule has 0 unspecified atom stereocenters. The van der Waals surface area contributed by atoms with Gasteiger partial charge in [0.05, 0.1) is 0 Å². The van der Waals surface area contributed by atoms with Crippen molar-refractivity contribution in [2.45, 2.75) is 5.83 Å². The first kappa shape index (κ1) is 4.29. The minimum atomic E-state index is -1.91. The maximum Gasteiger partial charge on any atom is 0.123 e. The molecule has 0 atom stereocenters. The summed E-state index contributed by atoms with van der Waals surface area (Å²) in [6, 6.07) is 5.00. The third-order valence-corrected chi connectivity index (χ3v) is 1.17. The molecule has 0 N–H and O–H groups in total. The molecule has 0 saturated carbocycles. The van der Waals surface area contributed by atoms with Crippen LogP contribution in [-0.4, -0.2) is 0 Å². The highest BCUT2D eigenvalue weighted by atomic mass is 35.5. The molecule has 9 heavy (non-hydrogen) atoms. The summed E-state index contributed by atoms with van der Waals surface area (Å²) in [5, 5.41) is 0. The van der Waals surface area contributed by atoms with Crippen LogP contribution >= 0.6 is 11.6 Å². The van der Waals surface area contributed by atoms with E-state index in [1.54, 1.807) is 0 Å². The van der Waals surface area contributed by atoms with Crippen LogP contribution < -0.4 is 0 Å². The van der Waals surface area contributed by atoms with Gasteiger partial charge in [0.1, 0.15) is 5.82 Å². The molecule has 48 valence electrons. The summed E-state index contributed by atoms with van der Waals surface area (Å²) in [6.07, 6.45) is 0. The predicted octanol–water partition coefficient (Wildman–Crippen LogP) is 2.56. The molecule has 1 aromatic carbocycles. The topological polar surface area (TPSA) is 0 Å². The Hall–Kier alpha value is -0.560. The zero-order valence-electron chi connectivity index (χ0n) is 6.57. The standard InChI is InChI=1S/C7H6ClF/c8-5-6-1-3-7(9)4-2-6/h1-4H,5H2/i5D2. The van der Waals surface area contributed by atoms with Gasteiger partial charge in [0.15, 0.2) is 0 Å². The highest BCUT2D eigenvalue weighted by Gasteiger charge is 1.88. The van der Waals surface area contributed by atoms with Crippen molar-refractivity contribution in [2.75, 3.05) is 0 Å². The molecular formula is C7H6ClF. The molecule has 0 amide bonds.